The molecule has 0 aliphatic carbocycles. The van der Waals surface area contributed by atoms with E-state index in [1.54, 1.807) is 7.05 Å². The molecule has 0 aliphatic heterocycles. The second kappa shape index (κ2) is 5.81. The standard InChI is InChI=1S/C15H16F3N3/c1-9-8-13(10(2)21-20-9)14(19-3)11-4-6-12(7-5-11)15(16,17)18/h4-8,14,19H,1-3H3. The number of halogens is 3. The highest BCUT2D eigenvalue weighted by Crippen LogP contribution is 2.31. The smallest absolute Gasteiger partial charge is 0.309 e. The lowest BCUT2D eigenvalue weighted by Crippen LogP contribution is -2.20. The fraction of sp³-hybridized carbons (Fsp3) is 0.333. The van der Waals surface area contributed by atoms with Gasteiger partial charge in [-0.15, -0.1) is 0 Å². The summed E-state index contributed by atoms with van der Waals surface area (Å²) >= 11 is 0. The van der Waals surface area contributed by atoms with Gasteiger partial charge in [-0.25, -0.2) is 0 Å². The van der Waals surface area contributed by atoms with Gasteiger partial charge in [0.1, 0.15) is 0 Å². The van der Waals surface area contributed by atoms with Gasteiger partial charge in [0.25, 0.3) is 0 Å². The molecular formula is C15H16F3N3. The predicted molar refractivity (Wildman–Crippen MR) is 73.9 cm³/mol. The molecule has 3 nitrogen and oxygen atoms in total. The first-order valence-corrected chi connectivity index (χ1v) is 6.48. The molecule has 1 heterocycles. The summed E-state index contributed by atoms with van der Waals surface area (Å²) in [6, 6.07) is 6.83. The van der Waals surface area contributed by atoms with Gasteiger partial charge >= 0.3 is 6.18 Å². The van der Waals surface area contributed by atoms with Crippen LogP contribution < -0.4 is 5.32 Å². The number of nitrogens with zero attached hydrogens (tertiary/aromatic N) is 2. The molecule has 1 N–H and O–H groups in total. The first kappa shape index (κ1) is 15.4. The summed E-state index contributed by atoms with van der Waals surface area (Å²) in [7, 11) is 1.76. The van der Waals surface area contributed by atoms with Crippen LogP contribution in [0.3, 0.4) is 0 Å². The van der Waals surface area contributed by atoms with Crippen molar-refractivity contribution in [3.63, 3.8) is 0 Å². The monoisotopic (exact) mass is 295 g/mol. The van der Waals surface area contributed by atoms with Gasteiger partial charge in [-0.1, -0.05) is 12.1 Å². The van der Waals surface area contributed by atoms with Crippen LogP contribution in [0.1, 0.15) is 34.1 Å². The van der Waals surface area contributed by atoms with E-state index in [1.807, 2.05) is 19.9 Å². The van der Waals surface area contributed by atoms with Crippen molar-refractivity contribution in [2.45, 2.75) is 26.1 Å². The van der Waals surface area contributed by atoms with Crippen LogP contribution in [0, 0.1) is 13.8 Å². The molecule has 21 heavy (non-hydrogen) atoms. The Bertz CT molecular complexity index is 621. The average molecular weight is 295 g/mol. The van der Waals surface area contributed by atoms with Gasteiger partial charge in [0.2, 0.25) is 0 Å². The molecule has 0 saturated carbocycles. The summed E-state index contributed by atoms with van der Waals surface area (Å²) in [6.45, 7) is 3.66. The van der Waals surface area contributed by atoms with Crippen molar-refractivity contribution in [3.05, 3.63) is 58.4 Å². The van der Waals surface area contributed by atoms with Crippen molar-refractivity contribution in [2.75, 3.05) is 7.05 Å². The largest absolute Gasteiger partial charge is 0.416 e. The summed E-state index contributed by atoms with van der Waals surface area (Å²) in [5.74, 6) is 0. The molecule has 0 radical (unpaired) electrons. The highest BCUT2D eigenvalue weighted by atomic mass is 19.4. The molecule has 0 bridgehead atoms. The summed E-state index contributed by atoms with van der Waals surface area (Å²) in [5, 5.41) is 11.1. The molecule has 6 heteroatoms. The number of aromatic nitrogens is 2. The van der Waals surface area contributed by atoms with Crippen LogP contribution >= 0.6 is 0 Å². The molecule has 2 rings (SSSR count). The van der Waals surface area contributed by atoms with E-state index in [0.29, 0.717) is 0 Å². The quantitative estimate of drug-likeness (QED) is 0.943. The summed E-state index contributed by atoms with van der Waals surface area (Å²) in [6.07, 6.45) is -4.32. The molecule has 0 amide bonds. The molecule has 0 spiro atoms. The highest BCUT2D eigenvalue weighted by molar-refractivity contribution is 5.36. The summed E-state index contributed by atoms with van der Waals surface area (Å²) in [5.41, 5.74) is 2.52. The SMILES string of the molecule is CNC(c1ccc(C(F)(F)F)cc1)c1cc(C)nnc1C. The third-order valence-electron chi connectivity index (χ3n) is 3.31. The predicted octanol–water partition coefficient (Wildman–Crippen LogP) is 3.42. The van der Waals surface area contributed by atoms with Crippen LogP contribution in [0.25, 0.3) is 0 Å². The molecule has 0 aliphatic rings. The second-order valence-corrected chi connectivity index (χ2v) is 4.87. The van der Waals surface area contributed by atoms with Gasteiger partial charge in [0, 0.05) is 0 Å². The molecule has 112 valence electrons. The number of alkyl halides is 3. The Kier molecular flexibility index (Phi) is 4.27. The van der Waals surface area contributed by atoms with E-state index in [-0.39, 0.29) is 6.04 Å². The average Bonchev–Trinajstić information content (AvgIpc) is 2.43. The number of rotatable bonds is 3. The number of nitrogens with one attached hydrogen (secondary N) is 1. The van der Waals surface area contributed by atoms with Gasteiger partial charge in [-0.2, -0.15) is 23.4 Å². The Balaban J connectivity index is 2.40. The van der Waals surface area contributed by atoms with Crippen molar-refractivity contribution < 1.29 is 13.2 Å². The molecule has 1 unspecified atom stereocenters. The van der Waals surface area contributed by atoms with Crippen molar-refractivity contribution >= 4 is 0 Å². The van der Waals surface area contributed by atoms with E-state index in [4.69, 9.17) is 0 Å². The van der Waals surface area contributed by atoms with Crippen LogP contribution in [0.4, 0.5) is 13.2 Å². The third kappa shape index (κ3) is 3.39. The van der Waals surface area contributed by atoms with Crippen molar-refractivity contribution in [3.8, 4) is 0 Å². The first-order valence-electron chi connectivity index (χ1n) is 6.48. The van der Waals surface area contributed by atoms with Gasteiger partial charge in [-0.05, 0) is 50.2 Å². The zero-order chi connectivity index (χ0) is 15.6. The van der Waals surface area contributed by atoms with E-state index in [0.717, 1.165) is 34.6 Å². The van der Waals surface area contributed by atoms with E-state index < -0.39 is 11.7 Å². The Morgan fingerprint density at radius 2 is 1.67 bits per heavy atom. The molecule has 0 saturated heterocycles. The second-order valence-electron chi connectivity index (χ2n) is 4.87. The van der Waals surface area contributed by atoms with E-state index in [1.165, 1.54) is 12.1 Å². The Morgan fingerprint density at radius 1 is 1.05 bits per heavy atom. The van der Waals surface area contributed by atoms with E-state index >= 15 is 0 Å². The number of benzene rings is 1. The van der Waals surface area contributed by atoms with Gasteiger partial charge in [0.05, 0.1) is 23.0 Å². The molecular weight excluding hydrogens is 279 g/mol. The van der Waals surface area contributed by atoms with Crippen LogP contribution in [0.5, 0.6) is 0 Å². The molecule has 1 aromatic heterocycles. The van der Waals surface area contributed by atoms with Gasteiger partial charge in [-0.3, -0.25) is 0 Å². The fourth-order valence-corrected chi connectivity index (χ4v) is 2.23. The van der Waals surface area contributed by atoms with E-state index in [9.17, 15) is 13.2 Å². The molecule has 1 aromatic carbocycles. The van der Waals surface area contributed by atoms with Crippen LogP contribution in [0.15, 0.2) is 30.3 Å². The highest BCUT2D eigenvalue weighted by Gasteiger charge is 2.30. The maximum atomic E-state index is 12.6. The third-order valence-corrected chi connectivity index (χ3v) is 3.31. The molecule has 1 atom stereocenters. The van der Waals surface area contributed by atoms with Crippen LogP contribution in [-0.2, 0) is 6.18 Å². The summed E-state index contributed by atoms with van der Waals surface area (Å²) < 4.78 is 37.8. The number of aryl methyl sites for hydroxylation is 2. The molecule has 2 aromatic rings. The Hall–Kier alpha value is -1.95. The van der Waals surface area contributed by atoms with Crippen LogP contribution in [-0.4, -0.2) is 17.2 Å². The minimum atomic E-state index is -4.32. The molecule has 0 fully saturated rings. The zero-order valence-corrected chi connectivity index (χ0v) is 12.0. The van der Waals surface area contributed by atoms with Crippen molar-refractivity contribution in [1.82, 2.24) is 15.5 Å². The van der Waals surface area contributed by atoms with Crippen molar-refractivity contribution in [2.24, 2.45) is 0 Å². The summed E-state index contributed by atoms with van der Waals surface area (Å²) in [4.78, 5) is 0. The first-order chi connectivity index (χ1) is 9.82. The number of hydrogen-bond donors (Lipinski definition) is 1. The minimum Gasteiger partial charge on any atom is -0.309 e. The van der Waals surface area contributed by atoms with Gasteiger partial charge in [0.15, 0.2) is 0 Å². The maximum Gasteiger partial charge on any atom is 0.416 e. The number of hydrogen-bond acceptors (Lipinski definition) is 3. The lowest BCUT2D eigenvalue weighted by molar-refractivity contribution is -0.137. The Labute approximate surface area is 121 Å². The zero-order valence-electron chi connectivity index (χ0n) is 12.0. The maximum absolute atomic E-state index is 12.6. The topological polar surface area (TPSA) is 37.8 Å². The lowest BCUT2D eigenvalue weighted by atomic mass is 9.96. The minimum absolute atomic E-state index is 0.221. The van der Waals surface area contributed by atoms with Crippen molar-refractivity contribution in [1.29, 1.82) is 0 Å². The van der Waals surface area contributed by atoms with Gasteiger partial charge < -0.3 is 5.32 Å². The van der Waals surface area contributed by atoms with E-state index in [2.05, 4.69) is 15.5 Å². The van der Waals surface area contributed by atoms with Crippen LogP contribution in [0.2, 0.25) is 0 Å². The fourth-order valence-electron chi connectivity index (χ4n) is 2.23. The lowest BCUT2D eigenvalue weighted by Gasteiger charge is -2.19. The normalized spacial score (nSPS) is 13.2. The Morgan fingerprint density at radius 3 is 2.19 bits per heavy atom.